The molecule has 0 amide bonds. The fourth-order valence-corrected chi connectivity index (χ4v) is 2.97. The van der Waals surface area contributed by atoms with E-state index in [9.17, 15) is 0 Å². The summed E-state index contributed by atoms with van der Waals surface area (Å²) in [5, 5.41) is 2.45. The molecule has 0 saturated carbocycles. The number of aromatic nitrogens is 1. The fraction of sp³-hybridized carbons (Fsp3) is 0.0455. The molecule has 0 radical (unpaired) electrons. The molecule has 4 aromatic rings. The zero-order valence-electron chi connectivity index (χ0n) is 12.8. The lowest BCUT2D eigenvalue weighted by atomic mass is 10.0. The zero-order valence-corrected chi connectivity index (χ0v) is 12.8. The topological polar surface area (TPSA) is 12.9 Å². The number of rotatable bonds is 3. The highest BCUT2D eigenvalue weighted by Gasteiger charge is 2.08. The molecule has 0 atom stereocenters. The van der Waals surface area contributed by atoms with Crippen LogP contribution < -0.4 is 0 Å². The molecule has 4 rings (SSSR count). The summed E-state index contributed by atoms with van der Waals surface area (Å²) in [7, 11) is 0. The molecule has 1 nitrogen and oxygen atoms in total. The first-order chi connectivity index (χ1) is 11.4. The SMILES string of the molecule is c1ccc(Cc2cc3ccccc3c(-c3ccccc3)n2)cc1. The van der Waals surface area contributed by atoms with Crippen LogP contribution in [-0.4, -0.2) is 4.98 Å². The Morgan fingerprint density at radius 3 is 2.09 bits per heavy atom. The van der Waals surface area contributed by atoms with Gasteiger partial charge in [-0.1, -0.05) is 84.9 Å². The lowest BCUT2D eigenvalue weighted by Gasteiger charge is -2.10. The Kier molecular flexibility index (Phi) is 3.61. The molecule has 1 aromatic heterocycles. The van der Waals surface area contributed by atoms with Gasteiger partial charge in [0.15, 0.2) is 0 Å². The highest BCUT2D eigenvalue weighted by Crippen LogP contribution is 2.28. The van der Waals surface area contributed by atoms with E-state index < -0.39 is 0 Å². The third-order valence-corrected chi connectivity index (χ3v) is 4.07. The predicted octanol–water partition coefficient (Wildman–Crippen LogP) is 5.49. The minimum Gasteiger partial charge on any atom is -0.252 e. The van der Waals surface area contributed by atoms with Crippen molar-refractivity contribution in [1.82, 2.24) is 4.98 Å². The molecule has 0 aliphatic rings. The third kappa shape index (κ3) is 2.86. The Morgan fingerprint density at radius 2 is 1.30 bits per heavy atom. The van der Waals surface area contributed by atoms with Gasteiger partial charge in [-0.25, -0.2) is 0 Å². The molecule has 0 spiro atoms. The summed E-state index contributed by atoms with van der Waals surface area (Å²) in [6.45, 7) is 0. The van der Waals surface area contributed by atoms with E-state index >= 15 is 0 Å². The van der Waals surface area contributed by atoms with E-state index in [0.717, 1.165) is 17.8 Å². The molecule has 3 aromatic carbocycles. The van der Waals surface area contributed by atoms with Gasteiger partial charge in [-0.15, -0.1) is 0 Å². The maximum Gasteiger partial charge on any atom is 0.0783 e. The third-order valence-electron chi connectivity index (χ3n) is 4.07. The smallest absolute Gasteiger partial charge is 0.0783 e. The van der Waals surface area contributed by atoms with Crippen molar-refractivity contribution in [2.75, 3.05) is 0 Å². The van der Waals surface area contributed by atoms with Crippen molar-refractivity contribution in [2.24, 2.45) is 0 Å². The number of pyridine rings is 1. The van der Waals surface area contributed by atoms with Crippen molar-refractivity contribution in [1.29, 1.82) is 0 Å². The molecule has 0 bridgehead atoms. The first-order valence-corrected chi connectivity index (χ1v) is 7.88. The Hall–Kier alpha value is -2.93. The minimum atomic E-state index is 0.853. The van der Waals surface area contributed by atoms with Crippen molar-refractivity contribution >= 4 is 10.8 Å². The second kappa shape index (κ2) is 6.05. The molecule has 0 saturated heterocycles. The maximum absolute atomic E-state index is 4.97. The van der Waals surface area contributed by atoms with Gasteiger partial charge in [-0.05, 0) is 17.0 Å². The first kappa shape index (κ1) is 13.7. The van der Waals surface area contributed by atoms with E-state index in [4.69, 9.17) is 4.98 Å². The maximum atomic E-state index is 4.97. The van der Waals surface area contributed by atoms with Crippen LogP contribution in [0.5, 0.6) is 0 Å². The van der Waals surface area contributed by atoms with Crippen LogP contribution in [0.25, 0.3) is 22.0 Å². The van der Waals surface area contributed by atoms with Crippen LogP contribution >= 0.6 is 0 Å². The fourth-order valence-electron chi connectivity index (χ4n) is 2.97. The summed E-state index contributed by atoms with van der Waals surface area (Å²) in [6.07, 6.45) is 0.853. The Bertz CT molecular complexity index is 928. The van der Waals surface area contributed by atoms with Crippen LogP contribution in [0.15, 0.2) is 91.0 Å². The summed E-state index contributed by atoms with van der Waals surface area (Å²) in [4.78, 5) is 4.97. The van der Waals surface area contributed by atoms with Gasteiger partial charge >= 0.3 is 0 Å². The number of hydrogen-bond donors (Lipinski definition) is 0. The number of nitrogens with zero attached hydrogens (tertiary/aromatic N) is 1. The van der Waals surface area contributed by atoms with Crippen molar-refractivity contribution in [2.45, 2.75) is 6.42 Å². The zero-order chi connectivity index (χ0) is 15.5. The van der Waals surface area contributed by atoms with Crippen molar-refractivity contribution in [3.05, 3.63) is 102 Å². The summed E-state index contributed by atoms with van der Waals surface area (Å²) in [5.41, 5.74) is 4.62. The molecular weight excluding hydrogens is 278 g/mol. The van der Waals surface area contributed by atoms with Crippen LogP contribution in [0.4, 0.5) is 0 Å². The highest BCUT2D eigenvalue weighted by atomic mass is 14.7. The van der Waals surface area contributed by atoms with Gasteiger partial charge < -0.3 is 0 Å². The van der Waals surface area contributed by atoms with Crippen LogP contribution in [0.3, 0.4) is 0 Å². The second-order valence-electron chi connectivity index (χ2n) is 5.71. The second-order valence-corrected chi connectivity index (χ2v) is 5.71. The molecule has 0 unspecified atom stereocenters. The lowest BCUT2D eigenvalue weighted by molar-refractivity contribution is 1.09. The molecule has 110 valence electrons. The van der Waals surface area contributed by atoms with Gasteiger partial charge in [0.1, 0.15) is 0 Å². The first-order valence-electron chi connectivity index (χ1n) is 7.88. The standard InChI is InChI=1S/C22H17N/c1-3-9-17(10-4-1)15-20-16-19-13-7-8-14-21(19)22(23-20)18-11-5-2-6-12-18/h1-14,16H,15H2. The average molecular weight is 295 g/mol. The predicted molar refractivity (Wildman–Crippen MR) is 96.4 cm³/mol. The Balaban J connectivity index is 1.87. The van der Waals surface area contributed by atoms with E-state index in [0.29, 0.717) is 0 Å². The van der Waals surface area contributed by atoms with Crippen LogP contribution in [0.2, 0.25) is 0 Å². The van der Waals surface area contributed by atoms with Crippen LogP contribution in [-0.2, 0) is 6.42 Å². The molecule has 1 heteroatoms. The van der Waals surface area contributed by atoms with E-state index in [1.807, 2.05) is 12.1 Å². The van der Waals surface area contributed by atoms with Gasteiger partial charge in [0.25, 0.3) is 0 Å². The van der Waals surface area contributed by atoms with Gasteiger partial charge in [-0.3, -0.25) is 4.98 Å². The van der Waals surface area contributed by atoms with Crippen LogP contribution in [0.1, 0.15) is 11.3 Å². The van der Waals surface area contributed by atoms with Gasteiger partial charge in [-0.2, -0.15) is 0 Å². The molecular formula is C22H17N. The van der Waals surface area contributed by atoms with Crippen molar-refractivity contribution < 1.29 is 0 Å². The monoisotopic (exact) mass is 295 g/mol. The largest absolute Gasteiger partial charge is 0.252 e. The number of fused-ring (bicyclic) bond motifs is 1. The molecule has 23 heavy (non-hydrogen) atoms. The molecule has 0 aliphatic carbocycles. The van der Waals surface area contributed by atoms with E-state index in [1.165, 1.54) is 21.9 Å². The van der Waals surface area contributed by atoms with Crippen LogP contribution in [0, 0.1) is 0 Å². The van der Waals surface area contributed by atoms with Gasteiger partial charge in [0, 0.05) is 23.1 Å². The molecule has 0 fully saturated rings. The summed E-state index contributed by atoms with van der Waals surface area (Å²) in [5.74, 6) is 0. The van der Waals surface area contributed by atoms with Crippen molar-refractivity contribution in [3.8, 4) is 11.3 Å². The molecule has 0 N–H and O–H groups in total. The van der Waals surface area contributed by atoms with E-state index in [-0.39, 0.29) is 0 Å². The molecule has 1 heterocycles. The highest BCUT2D eigenvalue weighted by molar-refractivity contribution is 5.94. The van der Waals surface area contributed by atoms with Crippen molar-refractivity contribution in [3.63, 3.8) is 0 Å². The Morgan fingerprint density at radius 1 is 0.652 bits per heavy atom. The normalized spacial score (nSPS) is 10.8. The van der Waals surface area contributed by atoms with E-state index in [1.54, 1.807) is 0 Å². The Labute approximate surface area is 136 Å². The quantitative estimate of drug-likeness (QED) is 0.487. The summed E-state index contributed by atoms with van der Waals surface area (Å²) in [6, 6.07) is 31.6. The minimum absolute atomic E-state index is 0.853. The number of hydrogen-bond acceptors (Lipinski definition) is 1. The summed E-state index contributed by atoms with van der Waals surface area (Å²) >= 11 is 0. The average Bonchev–Trinajstić information content (AvgIpc) is 2.63. The summed E-state index contributed by atoms with van der Waals surface area (Å²) < 4.78 is 0. The molecule has 0 aliphatic heterocycles. The lowest BCUT2D eigenvalue weighted by Crippen LogP contribution is -1.96. The van der Waals surface area contributed by atoms with E-state index in [2.05, 4.69) is 78.9 Å². The number of benzene rings is 3. The van der Waals surface area contributed by atoms with Gasteiger partial charge in [0.2, 0.25) is 0 Å². The van der Waals surface area contributed by atoms with Gasteiger partial charge in [0.05, 0.1) is 5.69 Å².